The van der Waals surface area contributed by atoms with Gasteiger partial charge in [0.15, 0.2) is 0 Å². The van der Waals surface area contributed by atoms with E-state index in [4.69, 9.17) is 0 Å². The van der Waals surface area contributed by atoms with Crippen molar-refractivity contribution in [2.24, 2.45) is 0 Å². The van der Waals surface area contributed by atoms with Gasteiger partial charge in [0.05, 0.1) is 0 Å². The van der Waals surface area contributed by atoms with Gasteiger partial charge in [-0.15, -0.1) is 0 Å². The topological polar surface area (TPSA) is 12.0 Å². The lowest BCUT2D eigenvalue weighted by molar-refractivity contribution is 0.570. The molecule has 0 saturated heterocycles. The normalized spacial score (nSPS) is 20.5. The lowest BCUT2D eigenvalue weighted by atomic mass is 9.88. The Morgan fingerprint density at radius 1 is 1.38 bits per heavy atom. The van der Waals surface area contributed by atoms with Crippen LogP contribution < -0.4 is 5.32 Å². The number of anilines is 1. The Bertz CT molecular complexity index is 280. The van der Waals surface area contributed by atoms with Gasteiger partial charge in [-0.25, -0.2) is 0 Å². The van der Waals surface area contributed by atoms with Crippen molar-refractivity contribution in [3.05, 3.63) is 29.8 Å². The maximum atomic E-state index is 3.45. The van der Waals surface area contributed by atoms with Crippen LogP contribution in [0.25, 0.3) is 0 Å². The zero-order valence-electron chi connectivity index (χ0n) is 8.22. The van der Waals surface area contributed by atoms with E-state index >= 15 is 0 Å². The Hall–Kier alpha value is -0.980. The van der Waals surface area contributed by atoms with Crippen molar-refractivity contribution in [3.8, 4) is 0 Å². The number of nitrogens with one attached hydrogen (secondary N) is 1. The van der Waals surface area contributed by atoms with E-state index < -0.39 is 0 Å². The molecule has 0 amide bonds. The number of rotatable bonds is 2. The molecule has 70 valence electrons. The Morgan fingerprint density at radius 2 is 2.23 bits per heavy atom. The molecule has 1 aromatic rings. The van der Waals surface area contributed by atoms with Crippen LogP contribution in [0.15, 0.2) is 24.3 Å². The molecule has 0 aliphatic carbocycles. The molecule has 0 bridgehead atoms. The average molecular weight is 175 g/mol. The summed E-state index contributed by atoms with van der Waals surface area (Å²) in [7, 11) is 0. The molecule has 1 heterocycles. The summed E-state index contributed by atoms with van der Waals surface area (Å²) in [6.45, 7) is 3.41. The molecule has 0 radical (unpaired) electrons. The van der Waals surface area contributed by atoms with Gasteiger partial charge in [0.2, 0.25) is 0 Å². The highest BCUT2D eigenvalue weighted by molar-refractivity contribution is 5.54. The Kier molecular flexibility index (Phi) is 2.53. The van der Waals surface area contributed by atoms with E-state index in [1.807, 2.05) is 0 Å². The van der Waals surface area contributed by atoms with Crippen molar-refractivity contribution in [2.45, 2.75) is 32.1 Å². The van der Waals surface area contributed by atoms with Crippen LogP contribution in [0.4, 0.5) is 5.69 Å². The molecule has 1 aliphatic rings. The average Bonchev–Trinajstić information content (AvgIpc) is 2.19. The second-order valence-electron chi connectivity index (χ2n) is 3.79. The van der Waals surface area contributed by atoms with Gasteiger partial charge in [-0.1, -0.05) is 31.5 Å². The smallest absolute Gasteiger partial charge is 0.0375 e. The summed E-state index contributed by atoms with van der Waals surface area (Å²) in [6, 6.07) is 8.72. The van der Waals surface area contributed by atoms with E-state index in [1.165, 1.54) is 30.5 Å². The van der Waals surface area contributed by atoms with E-state index in [1.54, 1.807) is 0 Å². The molecule has 1 aliphatic heterocycles. The zero-order valence-corrected chi connectivity index (χ0v) is 8.22. The van der Waals surface area contributed by atoms with E-state index in [0.29, 0.717) is 0 Å². The number of hydrogen-bond donors (Lipinski definition) is 1. The molecule has 1 N–H and O–H groups in total. The van der Waals surface area contributed by atoms with E-state index in [-0.39, 0.29) is 0 Å². The van der Waals surface area contributed by atoms with Crippen molar-refractivity contribution < 1.29 is 0 Å². The first-order valence-corrected chi connectivity index (χ1v) is 5.24. The van der Waals surface area contributed by atoms with Gasteiger partial charge in [0.1, 0.15) is 0 Å². The van der Waals surface area contributed by atoms with E-state index in [0.717, 1.165) is 12.5 Å². The first kappa shape index (κ1) is 8.61. The number of benzene rings is 1. The zero-order chi connectivity index (χ0) is 9.10. The maximum Gasteiger partial charge on any atom is 0.0375 e. The predicted molar refractivity (Wildman–Crippen MR) is 57.2 cm³/mol. The van der Waals surface area contributed by atoms with Gasteiger partial charge >= 0.3 is 0 Å². The molecule has 0 fully saturated rings. The minimum absolute atomic E-state index is 0.794. The summed E-state index contributed by atoms with van der Waals surface area (Å²) >= 11 is 0. The van der Waals surface area contributed by atoms with Crippen LogP contribution in [-0.4, -0.2) is 6.54 Å². The molecular formula is C12H17N. The third kappa shape index (κ3) is 1.69. The van der Waals surface area contributed by atoms with Crippen molar-refractivity contribution >= 4 is 5.69 Å². The molecule has 1 atom stereocenters. The van der Waals surface area contributed by atoms with Gasteiger partial charge in [-0.3, -0.25) is 0 Å². The van der Waals surface area contributed by atoms with E-state index in [9.17, 15) is 0 Å². The molecule has 0 aromatic heterocycles. The summed E-state index contributed by atoms with van der Waals surface area (Å²) in [4.78, 5) is 0. The minimum atomic E-state index is 0.794. The van der Waals surface area contributed by atoms with Gasteiger partial charge in [-0.05, 0) is 30.4 Å². The fraction of sp³-hybridized carbons (Fsp3) is 0.500. The van der Waals surface area contributed by atoms with Crippen LogP contribution in [0.2, 0.25) is 0 Å². The van der Waals surface area contributed by atoms with Gasteiger partial charge in [-0.2, -0.15) is 0 Å². The third-order valence-corrected chi connectivity index (χ3v) is 2.85. The SMILES string of the molecule is CCC[C@H]1CCNc2ccccc21. The minimum Gasteiger partial charge on any atom is -0.385 e. The number of fused-ring (bicyclic) bond motifs is 1. The molecule has 1 heteroatoms. The summed E-state index contributed by atoms with van der Waals surface area (Å²) in [5.41, 5.74) is 2.88. The molecule has 1 nitrogen and oxygen atoms in total. The highest BCUT2D eigenvalue weighted by atomic mass is 14.9. The van der Waals surface area contributed by atoms with Crippen LogP contribution in [0.1, 0.15) is 37.7 Å². The highest BCUT2D eigenvalue weighted by Gasteiger charge is 2.17. The summed E-state index contributed by atoms with van der Waals surface area (Å²) in [5.74, 6) is 0.794. The van der Waals surface area contributed by atoms with Crippen molar-refractivity contribution in [1.29, 1.82) is 0 Å². The number of para-hydroxylation sites is 1. The summed E-state index contributed by atoms with van der Waals surface area (Å²) in [6.07, 6.45) is 3.92. The Labute approximate surface area is 80.2 Å². The largest absolute Gasteiger partial charge is 0.385 e. The number of hydrogen-bond acceptors (Lipinski definition) is 1. The van der Waals surface area contributed by atoms with Crippen LogP contribution in [-0.2, 0) is 0 Å². The van der Waals surface area contributed by atoms with Crippen LogP contribution in [0, 0.1) is 0 Å². The molecule has 2 rings (SSSR count). The van der Waals surface area contributed by atoms with Crippen molar-refractivity contribution in [3.63, 3.8) is 0 Å². The van der Waals surface area contributed by atoms with Gasteiger partial charge in [0, 0.05) is 12.2 Å². The molecular weight excluding hydrogens is 158 g/mol. The summed E-state index contributed by atoms with van der Waals surface area (Å²) < 4.78 is 0. The maximum absolute atomic E-state index is 3.45. The third-order valence-electron chi connectivity index (χ3n) is 2.85. The predicted octanol–water partition coefficient (Wildman–Crippen LogP) is 3.39. The van der Waals surface area contributed by atoms with Crippen LogP contribution in [0.5, 0.6) is 0 Å². The lowest BCUT2D eigenvalue weighted by Gasteiger charge is -2.26. The lowest BCUT2D eigenvalue weighted by Crippen LogP contribution is -2.16. The van der Waals surface area contributed by atoms with Crippen molar-refractivity contribution in [2.75, 3.05) is 11.9 Å². The van der Waals surface area contributed by atoms with E-state index in [2.05, 4.69) is 36.5 Å². The Morgan fingerprint density at radius 3 is 3.08 bits per heavy atom. The second-order valence-corrected chi connectivity index (χ2v) is 3.79. The quantitative estimate of drug-likeness (QED) is 0.726. The molecule has 1 aromatic carbocycles. The van der Waals surface area contributed by atoms with Gasteiger partial charge in [0.25, 0.3) is 0 Å². The fourth-order valence-corrected chi connectivity index (χ4v) is 2.20. The first-order chi connectivity index (χ1) is 6.42. The summed E-state index contributed by atoms with van der Waals surface area (Å²) in [5, 5.41) is 3.45. The monoisotopic (exact) mass is 175 g/mol. The fourth-order valence-electron chi connectivity index (χ4n) is 2.20. The van der Waals surface area contributed by atoms with Crippen LogP contribution in [0.3, 0.4) is 0 Å². The Balaban J connectivity index is 2.26. The van der Waals surface area contributed by atoms with Crippen molar-refractivity contribution in [1.82, 2.24) is 0 Å². The molecule has 13 heavy (non-hydrogen) atoms. The molecule has 0 spiro atoms. The van der Waals surface area contributed by atoms with Gasteiger partial charge < -0.3 is 5.32 Å². The standard InChI is InChI=1S/C12H17N/c1-2-5-10-8-9-13-12-7-4-3-6-11(10)12/h3-4,6-7,10,13H,2,5,8-9H2,1H3/t10-/m0/s1. The highest BCUT2D eigenvalue weighted by Crippen LogP contribution is 2.33. The van der Waals surface area contributed by atoms with Crippen LogP contribution >= 0.6 is 0 Å². The second kappa shape index (κ2) is 3.82. The molecule has 0 saturated carbocycles. The first-order valence-electron chi connectivity index (χ1n) is 5.24. The molecule has 0 unspecified atom stereocenters.